The van der Waals surface area contributed by atoms with Crippen LogP contribution in [0.25, 0.3) is 0 Å². The third-order valence-corrected chi connectivity index (χ3v) is 2.92. The van der Waals surface area contributed by atoms with Gasteiger partial charge in [-0.2, -0.15) is 0 Å². The fraction of sp³-hybridized carbons (Fsp3) is 0.875. The highest BCUT2D eigenvalue weighted by molar-refractivity contribution is 9.09. The van der Waals surface area contributed by atoms with Crippen LogP contribution in [0.15, 0.2) is 0 Å². The number of carbonyl (C=O) groups excluding carboxylic acids is 1. The Morgan fingerprint density at radius 1 is 1.64 bits per heavy atom. The Labute approximate surface area is 76.9 Å². The molecule has 0 fully saturated rings. The molecule has 0 aromatic heterocycles. The van der Waals surface area contributed by atoms with Crippen molar-refractivity contribution in [3.8, 4) is 0 Å². The maximum atomic E-state index is 11.0. The van der Waals surface area contributed by atoms with Crippen LogP contribution < -0.4 is 5.32 Å². The minimum Gasteiger partial charge on any atom is -0.350 e. The summed E-state index contributed by atoms with van der Waals surface area (Å²) in [5.41, 5.74) is -0.160. The zero-order valence-corrected chi connectivity index (χ0v) is 9.16. The summed E-state index contributed by atoms with van der Waals surface area (Å²) in [6.45, 7) is 7.88. The molecule has 0 aromatic carbocycles. The topological polar surface area (TPSA) is 29.1 Å². The van der Waals surface area contributed by atoms with Gasteiger partial charge in [0.05, 0.1) is 0 Å². The lowest BCUT2D eigenvalue weighted by molar-refractivity contribution is -0.122. The van der Waals surface area contributed by atoms with Crippen LogP contribution in [0.1, 0.15) is 34.1 Å². The summed E-state index contributed by atoms with van der Waals surface area (Å²) < 4.78 is 0. The molecule has 0 bridgehead atoms. The van der Waals surface area contributed by atoms with E-state index in [1.807, 2.05) is 27.7 Å². The normalized spacial score (nSPS) is 14.3. The molecular weight excluding hydrogens is 206 g/mol. The van der Waals surface area contributed by atoms with Crippen LogP contribution in [0, 0.1) is 0 Å². The first kappa shape index (κ1) is 11.0. The van der Waals surface area contributed by atoms with Gasteiger partial charge in [0.15, 0.2) is 0 Å². The van der Waals surface area contributed by atoms with E-state index in [0.717, 1.165) is 0 Å². The van der Waals surface area contributed by atoms with Crippen LogP contribution in [0.4, 0.5) is 0 Å². The van der Waals surface area contributed by atoms with E-state index in [9.17, 15) is 4.79 Å². The molecule has 66 valence electrons. The molecule has 3 heteroatoms. The summed E-state index contributed by atoms with van der Waals surface area (Å²) in [4.78, 5) is 11.3. The molecule has 0 saturated carbocycles. The van der Waals surface area contributed by atoms with Crippen LogP contribution in [-0.4, -0.2) is 16.3 Å². The van der Waals surface area contributed by atoms with E-state index >= 15 is 0 Å². The molecule has 0 radical (unpaired) electrons. The highest BCUT2D eigenvalue weighted by Gasteiger charge is 2.24. The van der Waals surface area contributed by atoms with Crippen molar-refractivity contribution in [2.24, 2.45) is 0 Å². The van der Waals surface area contributed by atoms with Gasteiger partial charge in [-0.25, -0.2) is 0 Å². The lowest BCUT2D eigenvalue weighted by atomic mass is 10.0. The van der Waals surface area contributed by atoms with Crippen molar-refractivity contribution in [2.75, 3.05) is 0 Å². The number of halogens is 1. The van der Waals surface area contributed by atoms with Gasteiger partial charge in [0, 0.05) is 16.8 Å². The molecule has 0 saturated heterocycles. The summed E-state index contributed by atoms with van der Waals surface area (Å²) in [6, 6.07) is 0. The molecule has 11 heavy (non-hydrogen) atoms. The second kappa shape index (κ2) is 4.10. The van der Waals surface area contributed by atoms with Crippen LogP contribution in [0.5, 0.6) is 0 Å². The number of carbonyl (C=O) groups is 1. The van der Waals surface area contributed by atoms with E-state index in [1.165, 1.54) is 0 Å². The molecule has 2 nitrogen and oxygen atoms in total. The van der Waals surface area contributed by atoms with Gasteiger partial charge in [0.25, 0.3) is 0 Å². The van der Waals surface area contributed by atoms with E-state index in [1.54, 1.807) is 0 Å². The third kappa shape index (κ3) is 3.75. The molecule has 0 spiro atoms. The summed E-state index contributed by atoms with van der Waals surface area (Å²) in [6.07, 6.45) is 0.545. The fourth-order valence-electron chi connectivity index (χ4n) is 0.547. The zero-order valence-electron chi connectivity index (χ0n) is 7.57. The summed E-state index contributed by atoms with van der Waals surface area (Å²) in [7, 11) is 0. The highest BCUT2D eigenvalue weighted by Crippen LogP contribution is 2.16. The van der Waals surface area contributed by atoms with Crippen molar-refractivity contribution in [3.05, 3.63) is 0 Å². The molecule has 0 aliphatic rings. The molecule has 0 heterocycles. The molecule has 1 amide bonds. The summed E-state index contributed by atoms with van der Waals surface area (Å²) in [5, 5.41) is 2.92. The average Bonchev–Trinajstić information content (AvgIpc) is 1.86. The predicted octanol–water partition coefficient (Wildman–Crippen LogP) is 2.07. The Hall–Kier alpha value is -0.0500. The largest absolute Gasteiger partial charge is 0.350 e. The minimum absolute atomic E-state index is 0.0984. The van der Waals surface area contributed by atoms with Crippen LogP contribution in [0.2, 0.25) is 0 Å². The van der Waals surface area contributed by atoms with Crippen molar-refractivity contribution in [1.29, 1.82) is 0 Å². The first-order valence-electron chi connectivity index (χ1n) is 3.85. The third-order valence-electron chi connectivity index (χ3n) is 1.78. The standard InChI is InChI=1S/C8H16BrNO/c1-5-7(11)10-8(3,4)6(2)9/h6H,5H2,1-4H3,(H,10,11). The van der Waals surface area contributed by atoms with Crippen molar-refractivity contribution in [3.63, 3.8) is 0 Å². The van der Waals surface area contributed by atoms with Crippen LogP contribution >= 0.6 is 15.9 Å². The number of alkyl halides is 1. The monoisotopic (exact) mass is 221 g/mol. The number of hydrogen-bond donors (Lipinski definition) is 1. The van der Waals surface area contributed by atoms with Crippen molar-refractivity contribution in [2.45, 2.75) is 44.5 Å². The molecule has 1 unspecified atom stereocenters. The van der Waals surface area contributed by atoms with Gasteiger partial charge >= 0.3 is 0 Å². The van der Waals surface area contributed by atoms with E-state index < -0.39 is 0 Å². The lowest BCUT2D eigenvalue weighted by Gasteiger charge is -2.29. The molecule has 0 aliphatic carbocycles. The Bertz CT molecular complexity index is 143. The van der Waals surface area contributed by atoms with E-state index in [2.05, 4.69) is 21.2 Å². The second-order valence-electron chi connectivity index (χ2n) is 3.24. The van der Waals surface area contributed by atoms with E-state index in [-0.39, 0.29) is 16.3 Å². The second-order valence-corrected chi connectivity index (χ2v) is 4.61. The smallest absolute Gasteiger partial charge is 0.220 e. The quantitative estimate of drug-likeness (QED) is 0.727. The summed E-state index contributed by atoms with van der Waals surface area (Å²) >= 11 is 3.44. The number of amides is 1. The first-order valence-corrected chi connectivity index (χ1v) is 4.76. The lowest BCUT2D eigenvalue weighted by Crippen LogP contribution is -2.48. The number of nitrogens with one attached hydrogen (secondary N) is 1. The minimum atomic E-state index is -0.160. The average molecular weight is 222 g/mol. The van der Waals surface area contributed by atoms with Gasteiger partial charge < -0.3 is 5.32 Å². The molecule has 0 rings (SSSR count). The SMILES string of the molecule is CCC(=O)NC(C)(C)C(C)Br. The van der Waals surface area contributed by atoms with Crippen molar-refractivity contribution in [1.82, 2.24) is 5.32 Å². The Morgan fingerprint density at radius 2 is 2.09 bits per heavy atom. The van der Waals surface area contributed by atoms with Gasteiger partial charge in [-0.15, -0.1) is 0 Å². The van der Waals surface area contributed by atoms with Gasteiger partial charge in [-0.1, -0.05) is 29.8 Å². The first-order chi connectivity index (χ1) is 4.90. The van der Waals surface area contributed by atoms with Gasteiger partial charge in [0.1, 0.15) is 0 Å². The van der Waals surface area contributed by atoms with E-state index in [4.69, 9.17) is 0 Å². The van der Waals surface area contributed by atoms with Crippen molar-refractivity contribution >= 4 is 21.8 Å². The highest BCUT2D eigenvalue weighted by atomic mass is 79.9. The number of hydrogen-bond acceptors (Lipinski definition) is 1. The Kier molecular flexibility index (Phi) is 4.08. The van der Waals surface area contributed by atoms with Gasteiger partial charge in [-0.05, 0) is 13.8 Å². The fourth-order valence-corrected chi connectivity index (χ4v) is 0.662. The maximum absolute atomic E-state index is 11.0. The van der Waals surface area contributed by atoms with Crippen LogP contribution in [-0.2, 0) is 4.79 Å². The van der Waals surface area contributed by atoms with Crippen LogP contribution in [0.3, 0.4) is 0 Å². The van der Waals surface area contributed by atoms with Gasteiger partial charge in [0.2, 0.25) is 5.91 Å². The molecular formula is C8H16BrNO. The van der Waals surface area contributed by atoms with Gasteiger partial charge in [-0.3, -0.25) is 4.79 Å². The van der Waals surface area contributed by atoms with E-state index in [0.29, 0.717) is 6.42 Å². The molecule has 1 atom stereocenters. The maximum Gasteiger partial charge on any atom is 0.220 e. The Balaban J connectivity index is 4.01. The zero-order chi connectivity index (χ0) is 9.07. The summed E-state index contributed by atoms with van der Waals surface area (Å²) in [5.74, 6) is 0.0984. The predicted molar refractivity (Wildman–Crippen MR) is 50.9 cm³/mol. The molecule has 0 aromatic rings. The Morgan fingerprint density at radius 3 is 2.36 bits per heavy atom. The molecule has 0 aliphatic heterocycles. The number of rotatable bonds is 3. The van der Waals surface area contributed by atoms with Crippen molar-refractivity contribution < 1.29 is 4.79 Å². The molecule has 1 N–H and O–H groups in total.